The fourth-order valence-electron chi connectivity index (χ4n) is 2.27. The lowest BCUT2D eigenvalue weighted by Crippen LogP contribution is -2.34. The lowest BCUT2D eigenvalue weighted by molar-refractivity contribution is 0.0527. The van der Waals surface area contributed by atoms with E-state index in [1.165, 1.54) is 7.11 Å². The Kier molecular flexibility index (Phi) is 4.75. The van der Waals surface area contributed by atoms with E-state index in [1.54, 1.807) is 37.3 Å². The molecule has 0 bridgehead atoms. The third kappa shape index (κ3) is 2.75. The zero-order chi connectivity index (χ0) is 17.9. The average molecular weight is 328 g/mol. The van der Waals surface area contributed by atoms with E-state index < -0.39 is 11.5 Å². The molecule has 2 rings (SSSR count). The lowest BCUT2D eigenvalue weighted by atomic mass is 9.96. The van der Waals surface area contributed by atoms with Crippen molar-refractivity contribution in [1.29, 1.82) is 5.26 Å². The summed E-state index contributed by atoms with van der Waals surface area (Å²) >= 11 is 0. The Morgan fingerprint density at radius 2 is 1.96 bits per heavy atom. The maximum Gasteiger partial charge on any atom is 0.342 e. The molecule has 1 heterocycles. The van der Waals surface area contributed by atoms with E-state index in [9.17, 15) is 14.9 Å². The molecule has 0 aliphatic rings. The largest absolute Gasteiger partial charge is 0.497 e. The molecule has 4 N–H and O–H groups in total. The lowest BCUT2D eigenvalue weighted by Gasteiger charge is -2.16. The molecule has 1 aromatic heterocycles. The number of benzene rings is 1. The minimum atomic E-state index is -0.797. The van der Waals surface area contributed by atoms with Crippen LogP contribution in [0.1, 0.15) is 22.8 Å². The summed E-state index contributed by atoms with van der Waals surface area (Å²) in [7, 11) is 1.51. The minimum absolute atomic E-state index is 0.0859. The van der Waals surface area contributed by atoms with Crippen LogP contribution in [0.2, 0.25) is 0 Å². The molecule has 0 fully saturated rings. The Hall–Kier alpha value is -3.47. The quantitative estimate of drug-likeness (QED) is 0.628. The Labute approximate surface area is 137 Å². The van der Waals surface area contributed by atoms with Crippen LogP contribution in [0.3, 0.4) is 0 Å². The van der Waals surface area contributed by atoms with Gasteiger partial charge in [0.2, 0.25) is 0 Å². The highest BCUT2D eigenvalue weighted by Crippen LogP contribution is 2.31. The third-order valence-electron chi connectivity index (χ3n) is 3.42. The molecule has 0 atom stereocenters. The molecular formula is C16H16N4O4. The first-order chi connectivity index (χ1) is 11.5. The second-order valence-corrected chi connectivity index (χ2v) is 4.75. The van der Waals surface area contributed by atoms with E-state index in [2.05, 4.69) is 0 Å². The normalized spacial score (nSPS) is 10.0. The average Bonchev–Trinajstić information content (AvgIpc) is 2.59. The van der Waals surface area contributed by atoms with Crippen LogP contribution < -0.4 is 21.9 Å². The van der Waals surface area contributed by atoms with Crippen LogP contribution in [0.15, 0.2) is 29.1 Å². The van der Waals surface area contributed by atoms with Crippen molar-refractivity contribution in [3.8, 4) is 22.9 Å². The fraction of sp³-hybridized carbons (Fsp3) is 0.188. The number of nitrogens with two attached hydrogens (primary N) is 2. The van der Waals surface area contributed by atoms with Gasteiger partial charge < -0.3 is 21.1 Å². The first kappa shape index (κ1) is 16.9. The Morgan fingerprint density at radius 3 is 2.46 bits per heavy atom. The highest BCUT2D eigenvalue weighted by molar-refractivity contribution is 6.03. The predicted molar refractivity (Wildman–Crippen MR) is 87.9 cm³/mol. The predicted octanol–water partition coefficient (Wildman–Crippen LogP) is 0.868. The van der Waals surface area contributed by atoms with Crippen LogP contribution in [-0.2, 0) is 4.74 Å². The van der Waals surface area contributed by atoms with Crippen molar-refractivity contribution in [2.75, 3.05) is 25.3 Å². The van der Waals surface area contributed by atoms with Gasteiger partial charge in [0, 0.05) is 5.56 Å². The summed E-state index contributed by atoms with van der Waals surface area (Å²) in [5.74, 6) is 5.12. The smallest absolute Gasteiger partial charge is 0.342 e. The number of rotatable bonds is 4. The van der Waals surface area contributed by atoms with E-state index in [4.69, 9.17) is 21.1 Å². The second-order valence-electron chi connectivity index (χ2n) is 4.75. The van der Waals surface area contributed by atoms with Crippen molar-refractivity contribution in [3.63, 3.8) is 0 Å². The molecule has 0 radical (unpaired) electrons. The number of hydrogen-bond acceptors (Lipinski definition) is 7. The number of ether oxygens (including phenoxy) is 2. The monoisotopic (exact) mass is 328 g/mol. The molecule has 0 aliphatic carbocycles. The van der Waals surface area contributed by atoms with Gasteiger partial charge in [0.1, 0.15) is 28.8 Å². The van der Waals surface area contributed by atoms with Gasteiger partial charge in [0.05, 0.1) is 13.7 Å². The SMILES string of the molecule is CCOC(=O)c1c(-c2ccc(OC)cc2)c(C#N)c(=O)n(N)c1N. The van der Waals surface area contributed by atoms with Gasteiger partial charge in [-0.2, -0.15) is 5.26 Å². The maximum atomic E-state index is 12.3. The number of aromatic nitrogens is 1. The summed E-state index contributed by atoms with van der Waals surface area (Å²) in [6, 6.07) is 8.27. The van der Waals surface area contributed by atoms with Gasteiger partial charge in [-0.25, -0.2) is 9.47 Å². The molecule has 124 valence electrons. The van der Waals surface area contributed by atoms with Crippen molar-refractivity contribution < 1.29 is 14.3 Å². The number of pyridine rings is 1. The third-order valence-corrected chi connectivity index (χ3v) is 3.42. The van der Waals surface area contributed by atoms with E-state index >= 15 is 0 Å². The first-order valence-corrected chi connectivity index (χ1v) is 7.01. The first-order valence-electron chi connectivity index (χ1n) is 7.01. The van der Waals surface area contributed by atoms with E-state index in [1.807, 2.05) is 0 Å². The van der Waals surface area contributed by atoms with Crippen LogP contribution in [0.4, 0.5) is 5.82 Å². The van der Waals surface area contributed by atoms with E-state index in [0.717, 1.165) is 0 Å². The number of anilines is 1. The zero-order valence-corrected chi connectivity index (χ0v) is 13.2. The molecule has 0 saturated carbocycles. The molecule has 1 aromatic carbocycles. The minimum Gasteiger partial charge on any atom is -0.497 e. The Bertz CT molecular complexity index is 879. The standard InChI is InChI=1S/C16H16N4O4/c1-3-24-16(22)13-12(9-4-6-10(23-2)7-5-9)11(8-17)15(21)20(19)14(13)18/h4-7H,3,18-19H2,1-2H3. The number of nitriles is 1. The van der Waals surface area contributed by atoms with Crippen molar-refractivity contribution in [2.45, 2.75) is 6.92 Å². The molecular weight excluding hydrogens is 312 g/mol. The van der Waals surface area contributed by atoms with Gasteiger partial charge >= 0.3 is 5.97 Å². The number of methoxy groups -OCH3 is 1. The number of esters is 1. The molecule has 0 amide bonds. The molecule has 2 aromatic rings. The number of carbonyl (C=O) groups is 1. The summed E-state index contributed by atoms with van der Waals surface area (Å²) < 4.78 is 10.6. The topological polar surface area (TPSA) is 133 Å². The Balaban J connectivity index is 2.87. The number of nitrogen functional groups attached to an aromatic ring is 2. The number of carbonyl (C=O) groups excluding carboxylic acids is 1. The number of hydrogen-bond donors (Lipinski definition) is 2. The van der Waals surface area contributed by atoms with Gasteiger partial charge in [-0.05, 0) is 24.6 Å². The number of nitrogens with zero attached hydrogens (tertiary/aromatic N) is 2. The molecule has 0 aliphatic heterocycles. The molecule has 8 nitrogen and oxygen atoms in total. The van der Waals surface area contributed by atoms with E-state index in [-0.39, 0.29) is 29.1 Å². The van der Waals surface area contributed by atoms with Crippen molar-refractivity contribution in [2.24, 2.45) is 0 Å². The molecule has 0 spiro atoms. The molecule has 0 saturated heterocycles. The molecule has 24 heavy (non-hydrogen) atoms. The Morgan fingerprint density at radius 1 is 1.33 bits per heavy atom. The highest BCUT2D eigenvalue weighted by Gasteiger charge is 2.26. The molecule has 8 heteroatoms. The zero-order valence-electron chi connectivity index (χ0n) is 13.2. The summed E-state index contributed by atoms with van der Waals surface area (Å²) in [5, 5.41) is 9.38. The van der Waals surface area contributed by atoms with Crippen molar-refractivity contribution in [1.82, 2.24) is 4.68 Å². The maximum absolute atomic E-state index is 12.3. The van der Waals surface area contributed by atoms with Gasteiger partial charge in [-0.15, -0.1) is 0 Å². The second kappa shape index (κ2) is 6.75. The van der Waals surface area contributed by atoms with Crippen molar-refractivity contribution >= 4 is 11.8 Å². The fourth-order valence-corrected chi connectivity index (χ4v) is 2.27. The van der Waals surface area contributed by atoms with Gasteiger partial charge in [-0.1, -0.05) is 12.1 Å². The van der Waals surface area contributed by atoms with Crippen LogP contribution in [0.25, 0.3) is 11.1 Å². The summed E-state index contributed by atoms with van der Waals surface area (Å²) in [6.07, 6.45) is 0. The molecule has 0 unspecified atom stereocenters. The van der Waals surface area contributed by atoms with Crippen LogP contribution in [0, 0.1) is 11.3 Å². The van der Waals surface area contributed by atoms with Gasteiger partial charge in [-0.3, -0.25) is 4.79 Å². The summed E-state index contributed by atoms with van der Waals surface area (Å²) in [5.41, 5.74) is 5.15. The summed E-state index contributed by atoms with van der Waals surface area (Å²) in [4.78, 5) is 24.5. The van der Waals surface area contributed by atoms with Gasteiger partial charge in [0.25, 0.3) is 5.56 Å². The summed E-state index contributed by atoms with van der Waals surface area (Å²) in [6.45, 7) is 1.73. The van der Waals surface area contributed by atoms with E-state index in [0.29, 0.717) is 16.0 Å². The highest BCUT2D eigenvalue weighted by atomic mass is 16.5. The van der Waals surface area contributed by atoms with Crippen molar-refractivity contribution in [3.05, 3.63) is 45.7 Å². The van der Waals surface area contributed by atoms with Crippen LogP contribution in [0.5, 0.6) is 5.75 Å². The van der Waals surface area contributed by atoms with Crippen LogP contribution in [-0.4, -0.2) is 24.4 Å². The van der Waals surface area contributed by atoms with Crippen LogP contribution >= 0.6 is 0 Å². The van der Waals surface area contributed by atoms with Gasteiger partial charge in [0.15, 0.2) is 0 Å².